The fraction of sp³-hybridized carbons (Fsp3) is 0.750. The van der Waals surface area contributed by atoms with E-state index in [9.17, 15) is 4.79 Å². The number of amides is 1. The van der Waals surface area contributed by atoms with E-state index in [0.29, 0.717) is 11.5 Å². The first kappa shape index (κ1) is 14.6. The average molecular weight is 290 g/mol. The molecule has 0 unspecified atom stereocenters. The van der Waals surface area contributed by atoms with Crippen LogP contribution in [0.2, 0.25) is 0 Å². The van der Waals surface area contributed by atoms with Crippen LogP contribution in [0.25, 0.3) is 0 Å². The van der Waals surface area contributed by atoms with Crippen molar-refractivity contribution in [2.24, 2.45) is 5.92 Å². The maximum absolute atomic E-state index is 12.2. The number of likely N-dealkylation sites (tertiary alicyclic amines) is 1. The molecule has 5 nitrogen and oxygen atoms in total. The Hall–Kier alpha value is -1.36. The van der Waals surface area contributed by atoms with Crippen LogP contribution in [-0.2, 0) is 5.54 Å². The van der Waals surface area contributed by atoms with Gasteiger partial charge in [0.2, 0.25) is 0 Å². The quantitative estimate of drug-likeness (QED) is 0.921. The minimum Gasteiger partial charge on any atom is -0.352 e. The van der Waals surface area contributed by atoms with Gasteiger partial charge < -0.3 is 10.2 Å². The van der Waals surface area contributed by atoms with Gasteiger partial charge in [0, 0.05) is 25.3 Å². The average Bonchev–Trinajstić information content (AvgIpc) is 2.97. The first-order valence-corrected chi connectivity index (χ1v) is 8.01. The zero-order valence-electron chi connectivity index (χ0n) is 13.3. The molecule has 0 radical (unpaired) electrons. The SMILES string of the molecule is CC(C)(C)n1cc(C(=O)NC[C@@H]2CCN(C3CC3)C2)cn1. The van der Waals surface area contributed by atoms with Crippen molar-refractivity contribution in [3.63, 3.8) is 0 Å². The van der Waals surface area contributed by atoms with Crippen molar-refractivity contribution in [1.82, 2.24) is 20.0 Å². The summed E-state index contributed by atoms with van der Waals surface area (Å²) in [6.07, 6.45) is 7.43. The Bertz CT molecular complexity index is 513. The molecule has 116 valence electrons. The summed E-state index contributed by atoms with van der Waals surface area (Å²) in [5, 5.41) is 7.35. The molecule has 2 heterocycles. The summed E-state index contributed by atoms with van der Waals surface area (Å²) in [5.41, 5.74) is 0.566. The molecular weight excluding hydrogens is 264 g/mol. The number of hydrogen-bond donors (Lipinski definition) is 1. The Morgan fingerprint density at radius 2 is 2.14 bits per heavy atom. The van der Waals surface area contributed by atoms with E-state index in [1.807, 2.05) is 10.9 Å². The second-order valence-corrected chi connectivity index (χ2v) is 7.44. The van der Waals surface area contributed by atoms with Crippen molar-refractivity contribution < 1.29 is 4.79 Å². The van der Waals surface area contributed by atoms with Crippen molar-refractivity contribution in [3.8, 4) is 0 Å². The highest BCUT2D eigenvalue weighted by Gasteiger charge is 2.34. The van der Waals surface area contributed by atoms with Crippen LogP contribution in [-0.4, -0.2) is 46.3 Å². The van der Waals surface area contributed by atoms with E-state index in [0.717, 1.165) is 19.1 Å². The molecule has 1 aromatic heterocycles. The maximum atomic E-state index is 12.2. The second-order valence-electron chi connectivity index (χ2n) is 7.44. The molecule has 1 amide bonds. The van der Waals surface area contributed by atoms with Crippen molar-refractivity contribution in [2.45, 2.75) is 51.6 Å². The van der Waals surface area contributed by atoms with Crippen molar-refractivity contribution in [2.75, 3.05) is 19.6 Å². The summed E-state index contributed by atoms with van der Waals surface area (Å²) in [6, 6.07) is 0.843. The molecule has 3 rings (SSSR count). The van der Waals surface area contributed by atoms with Crippen LogP contribution in [0.4, 0.5) is 0 Å². The van der Waals surface area contributed by atoms with Gasteiger partial charge in [0.15, 0.2) is 0 Å². The zero-order chi connectivity index (χ0) is 15.0. The molecule has 2 aliphatic rings. The Kier molecular flexibility index (Phi) is 3.78. The Labute approximate surface area is 126 Å². The molecule has 21 heavy (non-hydrogen) atoms. The normalized spacial score (nSPS) is 23.5. The van der Waals surface area contributed by atoms with Crippen molar-refractivity contribution in [1.29, 1.82) is 0 Å². The van der Waals surface area contributed by atoms with E-state index in [2.05, 4.69) is 36.1 Å². The molecule has 1 aromatic rings. The third kappa shape index (κ3) is 3.46. The Morgan fingerprint density at radius 3 is 2.76 bits per heavy atom. The summed E-state index contributed by atoms with van der Waals surface area (Å²) in [4.78, 5) is 14.8. The molecular formula is C16H26N4O. The lowest BCUT2D eigenvalue weighted by molar-refractivity contribution is 0.0947. The predicted octanol–water partition coefficient (Wildman–Crippen LogP) is 1.85. The molecule has 1 aliphatic carbocycles. The first-order valence-electron chi connectivity index (χ1n) is 8.01. The highest BCUT2D eigenvalue weighted by atomic mass is 16.1. The fourth-order valence-electron chi connectivity index (χ4n) is 2.95. The van der Waals surface area contributed by atoms with Crippen LogP contribution < -0.4 is 5.32 Å². The molecule has 0 spiro atoms. The summed E-state index contributed by atoms with van der Waals surface area (Å²) in [6.45, 7) is 9.36. The zero-order valence-corrected chi connectivity index (χ0v) is 13.3. The Morgan fingerprint density at radius 1 is 1.38 bits per heavy atom. The van der Waals surface area contributed by atoms with Gasteiger partial charge in [-0.2, -0.15) is 5.10 Å². The largest absolute Gasteiger partial charge is 0.352 e. The van der Waals surface area contributed by atoms with Crippen molar-refractivity contribution >= 4 is 5.91 Å². The molecule has 1 N–H and O–H groups in total. The third-order valence-electron chi connectivity index (χ3n) is 4.46. The van der Waals surface area contributed by atoms with Gasteiger partial charge >= 0.3 is 0 Å². The van der Waals surface area contributed by atoms with E-state index in [4.69, 9.17) is 0 Å². The summed E-state index contributed by atoms with van der Waals surface area (Å²) >= 11 is 0. The molecule has 1 saturated heterocycles. The predicted molar refractivity (Wildman–Crippen MR) is 82.3 cm³/mol. The smallest absolute Gasteiger partial charge is 0.254 e. The van der Waals surface area contributed by atoms with Crippen LogP contribution >= 0.6 is 0 Å². The van der Waals surface area contributed by atoms with Gasteiger partial charge in [-0.1, -0.05) is 0 Å². The van der Waals surface area contributed by atoms with Crippen LogP contribution in [0.5, 0.6) is 0 Å². The molecule has 5 heteroatoms. The molecule has 2 fully saturated rings. The number of nitrogens with one attached hydrogen (secondary N) is 1. The number of nitrogens with zero attached hydrogens (tertiary/aromatic N) is 3. The van der Waals surface area contributed by atoms with E-state index in [1.165, 1.54) is 25.8 Å². The fourth-order valence-corrected chi connectivity index (χ4v) is 2.95. The van der Waals surface area contributed by atoms with Crippen molar-refractivity contribution in [3.05, 3.63) is 18.0 Å². The number of hydrogen-bond acceptors (Lipinski definition) is 3. The molecule has 1 atom stereocenters. The molecule has 0 bridgehead atoms. The lowest BCUT2D eigenvalue weighted by Crippen LogP contribution is -2.31. The van der Waals surface area contributed by atoms with E-state index in [-0.39, 0.29) is 11.4 Å². The monoisotopic (exact) mass is 290 g/mol. The van der Waals surface area contributed by atoms with Gasteiger partial charge in [-0.15, -0.1) is 0 Å². The summed E-state index contributed by atoms with van der Waals surface area (Å²) in [7, 11) is 0. The minimum atomic E-state index is -0.0885. The van der Waals surface area contributed by atoms with Gasteiger partial charge in [0.1, 0.15) is 0 Å². The van der Waals surface area contributed by atoms with Gasteiger partial charge in [-0.05, 0) is 52.5 Å². The summed E-state index contributed by atoms with van der Waals surface area (Å²) < 4.78 is 1.84. The van der Waals surface area contributed by atoms with Crippen LogP contribution in [0.15, 0.2) is 12.4 Å². The maximum Gasteiger partial charge on any atom is 0.254 e. The highest BCUT2D eigenvalue weighted by molar-refractivity contribution is 5.93. The first-order chi connectivity index (χ1) is 9.93. The topological polar surface area (TPSA) is 50.2 Å². The lowest BCUT2D eigenvalue weighted by Gasteiger charge is -2.18. The van der Waals surface area contributed by atoms with Crippen LogP contribution in [0.1, 0.15) is 50.4 Å². The van der Waals surface area contributed by atoms with Gasteiger partial charge in [0.05, 0.1) is 17.3 Å². The van der Waals surface area contributed by atoms with E-state index >= 15 is 0 Å². The van der Waals surface area contributed by atoms with E-state index in [1.54, 1.807) is 6.20 Å². The number of carbonyl (C=O) groups is 1. The summed E-state index contributed by atoms with van der Waals surface area (Å²) in [5.74, 6) is 0.600. The van der Waals surface area contributed by atoms with Crippen LogP contribution in [0, 0.1) is 5.92 Å². The minimum absolute atomic E-state index is 0.00429. The highest BCUT2D eigenvalue weighted by Crippen LogP contribution is 2.31. The van der Waals surface area contributed by atoms with Gasteiger partial charge in [-0.25, -0.2) is 0 Å². The molecule has 1 saturated carbocycles. The molecule has 1 aliphatic heterocycles. The van der Waals surface area contributed by atoms with Gasteiger partial charge in [0.25, 0.3) is 5.91 Å². The van der Waals surface area contributed by atoms with Gasteiger partial charge in [-0.3, -0.25) is 9.48 Å². The lowest BCUT2D eigenvalue weighted by atomic mass is 10.1. The van der Waals surface area contributed by atoms with Crippen LogP contribution in [0.3, 0.4) is 0 Å². The number of rotatable bonds is 4. The second kappa shape index (κ2) is 5.44. The Balaban J connectivity index is 1.49. The number of aromatic nitrogens is 2. The molecule has 0 aromatic carbocycles. The third-order valence-corrected chi connectivity index (χ3v) is 4.46. The number of carbonyl (C=O) groups excluding carboxylic acids is 1. The van der Waals surface area contributed by atoms with E-state index < -0.39 is 0 Å². The standard InChI is InChI=1S/C16H26N4O/c1-16(2,3)20-11-13(9-18-20)15(21)17-8-12-6-7-19(10-12)14-4-5-14/h9,11-12,14H,4-8,10H2,1-3H3,(H,17,21)/t12-/m0/s1.